The molecule has 120 valence electrons. The molecular weight excluding hydrogens is 292 g/mol. The van der Waals surface area contributed by atoms with E-state index in [1.807, 2.05) is 0 Å². The van der Waals surface area contributed by atoms with Gasteiger partial charge in [0.05, 0.1) is 12.3 Å². The first-order valence-corrected chi connectivity index (χ1v) is 7.43. The summed E-state index contributed by atoms with van der Waals surface area (Å²) in [6, 6.07) is 2.62. The third-order valence-corrected chi connectivity index (χ3v) is 4.05. The Morgan fingerprint density at radius 1 is 1.18 bits per heavy atom. The molecule has 1 aromatic rings. The number of nitrogens with one attached hydrogen (secondary N) is 1. The minimum absolute atomic E-state index is 0.0967. The van der Waals surface area contributed by atoms with E-state index in [-0.39, 0.29) is 12.0 Å². The molecule has 1 aromatic carbocycles. The van der Waals surface area contributed by atoms with E-state index < -0.39 is 35.5 Å². The van der Waals surface area contributed by atoms with Gasteiger partial charge >= 0.3 is 5.97 Å². The van der Waals surface area contributed by atoms with Crippen LogP contribution in [0, 0.1) is 17.6 Å². The lowest BCUT2D eigenvalue weighted by molar-refractivity contribution is -0.143. The van der Waals surface area contributed by atoms with Gasteiger partial charge in [-0.25, -0.2) is 8.78 Å². The monoisotopic (exact) mass is 311 g/mol. The number of carboxylic acid groups (broad SMARTS) is 1. The summed E-state index contributed by atoms with van der Waals surface area (Å²) in [6.45, 7) is 0. The molecule has 1 amide bonds. The standard InChI is InChI=1S/C16H19F2NO3/c17-11-7-6-10(13(18)9-11)8-15(20)19-14-5-3-1-2-4-12(14)16(21)22/h6-7,9,12,14H,1-5,8H2,(H,19,20)(H,21,22)/t12-,14+/m1/s1. The van der Waals surface area contributed by atoms with Crippen molar-refractivity contribution in [3.05, 3.63) is 35.4 Å². The highest BCUT2D eigenvalue weighted by Gasteiger charge is 2.30. The van der Waals surface area contributed by atoms with Gasteiger partial charge in [0, 0.05) is 12.1 Å². The van der Waals surface area contributed by atoms with Gasteiger partial charge in [0.1, 0.15) is 11.6 Å². The van der Waals surface area contributed by atoms with Gasteiger partial charge in [-0.05, 0) is 24.5 Å². The SMILES string of the molecule is O=C(Cc1ccc(F)cc1F)N[C@H]1CCCCC[C@H]1C(=O)O. The number of hydrogen-bond acceptors (Lipinski definition) is 2. The first kappa shape index (κ1) is 16.4. The van der Waals surface area contributed by atoms with Crippen LogP contribution in [0.25, 0.3) is 0 Å². The fraction of sp³-hybridized carbons (Fsp3) is 0.500. The van der Waals surface area contributed by atoms with Crippen molar-refractivity contribution in [2.24, 2.45) is 5.92 Å². The predicted octanol–water partition coefficient (Wildman–Crippen LogP) is 2.66. The van der Waals surface area contributed by atoms with Gasteiger partial charge in [0.2, 0.25) is 5.91 Å². The highest BCUT2D eigenvalue weighted by atomic mass is 19.1. The summed E-state index contributed by atoms with van der Waals surface area (Å²) in [7, 11) is 0. The van der Waals surface area contributed by atoms with E-state index in [0.29, 0.717) is 12.8 Å². The summed E-state index contributed by atoms with van der Waals surface area (Å²) in [5, 5.41) is 12.0. The maximum absolute atomic E-state index is 13.5. The van der Waals surface area contributed by atoms with Crippen LogP contribution in [0.2, 0.25) is 0 Å². The predicted molar refractivity (Wildman–Crippen MR) is 76.2 cm³/mol. The highest BCUT2D eigenvalue weighted by Crippen LogP contribution is 2.24. The number of hydrogen-bond donors (Lipinski definition) is 2. The molecule has 0 spiro atoms. The molecule has 0 bridgehead atoms. The third kappa shape index (κ3) is 4.26. The molecule has 22 heavy (non-hydrogen) atoms. The van der Waals surface area contributed by atoms with Crippen molar-refractivity contribution in [1.29, 1.82) is 0 Å². The normalized spacial score (nSPS) is 21.9. The average Bonchev–Trinajstić information content (AvgIpc) is 2.67. The number of carboxylic acids is 1. The first-order valence-electron chi connectivity index (χ1n) is 7.43. The summed E-state index contributed by atoms with van der Waals surface area (Å²) in [6.07, 6.45) is 3.55. The van der Waals surface area contributed by atoms with Crippen LogP contribution in [0.4, 0.5) is 8.78 Å². The largest absolute Gasteiger partial charge is 0.481 e. The van der Waals surface area contributed by atoms with Gasteiger partial charge in [-0.3, -0.25) is 9.59 Å². The molecule has 0 radical (unpaired) electrons. The van der Waals surface area contributed by atoms with Crippen LogP contribution in [0.15, 0.2) is 18.2 Å². The zero-order chi connectivity index (χ0) is 16.1. The summed E-state index contributed by atoms with van der Waals surface area (Å²) < 4.78 is 26.4. The van der Waals surface area contributed by atoms with Gasteiger partial charge in [-0.15, -0.1) is 0 Å². The Morgan fingerprint density at radius 2 is 1.91 bits per heavy atom. The van der Waals surface area contributed by atoms with Crippen LogP contribution in [-0.2, 0) is 16.0 Å². The maximum atomic E-state index is 13.5. The van der Waals surface area contributed by atoms with Crippen molar-refractivity contribution in [2.75, 3.05) is 0 Å². The van der Waals surface area contributed by atoms with Crippen LogP contribution in [0.5, 0.6) is 0 Å². The highest BCUT2D eigenvalue weighted by molar-refractivity contribution is 5.80. The minimum Gasteiger partial charge on any atom is -0.481 e. The van der Waals surface area contributed by atoms with Crippen molar-refractivity contribution in [3.63, 3.8) is 0 Å². The van der Waals surface area contributed by atoms with Crippen LogP contribution in [-0.4, -0.2) is 23.0 Å². The van der Waals surface area contributed by atoms with Crippen LogP contribution < -0.4 is 5.32 Å². The quantitative estimate of drug-likeness (QED) is 0.840. The van der Waals surface area contributed by atoms with E-state index in [2.05, 4.69) is 5.32 Å². The molecular formula is C16H19F2NO3. The molecule has 0 saturated heterocycles. The topological polar surface area (TPSA) is 66.4 Å². The number of benzene rings is 1. The Balaban J connectivity index is 2.01. The summed E-state index contributed by atoms with van der Waals surface area (Å²) >= 11 is 0. The fourth-order valence-corrected chi connectivity index (χ4v) is 2.87. The second-order valence-electron chi connectivity index (χ2n) is 5.67. The van der Waals surface area contributed by atoms with E-state index >= 15 is 0 Å². The lowest BCUT2D eigenvalue weighted by Gasteiger charge is -2.23. The van der Waals surface area contributed by atoms with Gasteiger partial charge < -0.3 is 10.4 Å². The van der Waals surface area contributed by atoms with Crippen molar-refractivity contribution >= 4 is 11.9 Å². The maximum Gasteiger partial charge on any atom is 0.308 e. The van der Waals surface area contributed by atoms with E-state index in [0.717, 1.165) is 31.4 Å². The van der Waals surface area contributed by atoms with E-state index in [1.165, 1.54) is 6.07 Å². The number of halogens is 2. The smallest absolute Gasteiger partial charge is 0.308 e. The fourth-order valence-electron chi connectivity index (χ4n) is 2.87. The molecule has 0 aromatic heterocycles. The van der Waals surface area contributed by atoms with Crippen molar-refractivity contribution < 1.29 is 23.5 Å². The molecule has 1 saturated carbocycles. The Bertz CT molecular complexity index is 562. The number of carbonyl (C=O) groups excluding carboxylic acids is 1. The molecule has 2 N–H and O–H groups in total. The zero-order valence-electron chi connectivity index (χ0n) is 12.1. The van der Waals surface area contributed by atoms with Crippen molar-refractivity contribution in [1.82, 2.24) is 5.32 Å². The Morgan fingerprint density at radius 3 is 2.59 bits per heavy atom. The lowest BCUT2D eigenvalue weighted by Crippen LogP contribution is -2.43. The molecule has 0 heterocycles. The van der Waals surface area contributed by atoms with E-state index in [9.17, 15) is 23.5 Å². The number of rotatable bonds is 4. The second-order valence-corrected chi connectivity index (χ2v) is 5.67. The average molecular weight is 311 g/mol. The Hall–Kier alpha value is -1.98. The Labute approximate surface area is 127 Å². The molecule has 2 rings (SSSR count). The summed E-state index contributed by atoms with van der Waals surface area (Å²) in [4.78, 5) is 23.3. The third-order valence-electron chi connectivity index (χ3n) is 4.05. The minimum atomic E-state index is -0.917. The van der Waals surface area contributed by atoms with Gasteiger partial charge in [0.25, 0.3) is 0 Å². The summed E-state index contributed by atoms with van der Waals surface area (Å²) in [5.41, 5.74) is 0.0967. The van der Waals surface area contributed by atoms with Crippen molar-refractivity contribution in [3.8, 4) is 0 Å². The number of carbonyl (C=O) groups is 2. The van der Waals surface area contributed by atoms with E-state index in [1.54, 1.807) is 0 Å². The molecule has 4 nitrogen and oxygen atoms in total. The molecule has 2 atom stereocenters. The van der Waals surface area contributed by atoms with Crippen LogP contribution >= 0.6 is 0 Å². The molecule has 0 aliphatic heterocycles. The lowest BCUT2D eigenvalue weighted by atomic mass is 9.94. The van der Waals surface area contributed by atoms with Gasteiger partial charge in [-0.1, -0.05) is 25.3 Å². The molecule has 1 aliphatic rings. The summed E-state index contributed by atoms with van der Waals surface area (Å²) in [5.74, 6) is -3.43. The number of aliphatic carboxylic acids is 1. The Kier molecular flexibility index (Phi) is 5.46. The molecule has 1 aliphatic carbocycles. The van der Waals surface area contributed by atoms with Crippen LogP contribution in [0.1, 0.15) is 37.7 Å². The van der Waals surface area contributed by atoms with Gasteiger partial charge in [0.15, 0.2) is 0 Å². The second kappa shape index (κ2) is 7.33. The van der Waals surface area contributed by atoms with Crippen molar-refractivity contribution in [2.45, 2.75) is 44.6 Å². The van der Waals surface area contributed by atoms with Gasteiger partial charge in [-0.2, -0.15) is 0 Å². The molecule has 0 unspecified atom stereocenters. The molecule has 1 fully saturated rings. The molecule has 6 heteroatoms. The zero-order valence-corrected chi connectivity index (χ0v) is 12.1. The van der Waals surface area contributed by atoms with E-state index in [4.69, 9.17) is 0 Å². The first-order chi connectivity index (χ1) is 10.5. The van der Waals surface area contributed by atoms with Crippen LogP contribution in [0.3, 0.4) is 0 Å². The number of amides is 1.